The molecule has 0 aliphatic carbocycles. The predicted octanol–water partition coefficient (Wildman–Crippen LogP) is 4.01. The zero-order valence-corrected chi connectivity index (χ0v) is 13.3. The van der Waals surface area contributed by atoms with Crippen molar-refractivity contribution in [3.63, 3.8) is 0 Å². The van der Waals surface area contributed by atoms with Crippen molar-refractivity contribution < 1.29 is 12.8 Å². The summed E-state index contributed by atoms with van der Waals surface area (Å²) in [6.45, 7) is 3.72. The van der Waals surface area contributed by atoms with Crippen molar-refractivity contribution in [3.8, 4) is 0 Å². The molecular formula is C14H13BrFNO2S. The topological polar surface area (TPSA) is 46.2 Å². The minimum absolute atomic E-state index is 0.363. The predicted molar refractivity (Wildman–Crippen MR) is 80.8 cm³/mol. The molecule has 0 aromatic heterocycles. The van der Waals surface area contributed by atoms with E-state index in [4.69, 9.17) is 0 Å². The Morgan fingerprint density at radius 2 is 1.65 bits per heavy atom. The summed E-state index contributed by atoms with van der Waals surface area (Å²) >= 11 is 3.41. The van der Waals surface area contributed by atoms with Crippen LogP contribution in [0.5, 0.6) is 0 Å². The normalized spacial score (nSPS) is 11.4. The molecule has 1 N–H and O–H groups in total. The van der Waals surface area contributed by atoms with Gasteiger partial charge in [-0.05, 0) is 49.2 Å². The van der Waals surface area contributed by atoms with E-state index in [0.717, 1.165) is 21.7 Å². The molecule has 106 valence electrons. The van der Waals surface area contributed by atoms with E-state index in [0.29, 0.717) is 5.69 Å². The molecule has 0 fully saturated rings. The second kappa shape index (κ2) is 5.54. The number of hydrogen-bond acceptors (Lipinski definition) is 2. The van der Waals surface area contributed by atoms with Gasteiger partial charge in [0.2, 0.25) is 0 Å². The average Bonchev–Trinajstić information content (AvgIpc) is 2.35. The van der Waals surface area contributed by atoms with Crippen molar-refractivity contribution >= 4 is 31.6 Å². The van der Waals surface area contributed by atoms with Crippen molar-refractivity contribution in [3.05, 3.63) is 57.8 Å². The summed E-state index contributed by atoms with van der Waals surface area (Å²) < 4.78 is 41.2. The maximum absolute atomic E-state index is 13.6. The number of rotatable bonds is 3. The van der Waals surface area contributed by atoms with Crippen LogP contribution in [0.2, 0.25) is 0 Å². The summed E-state index contributed by atoms with van der Waals surface area (Å²) in [5.41, 5.74) is 2.21. The largest absolute Gasteiger partial charge is 0.280 e. The highest BCUT2D eigenvalue weighted by atomic mass is 79.9. The van der Waals surface area contributed by atoms with Gasteiger partial charge in [0.1, 0.15) is 10.7 Å². The van der Waals surface area contributed by atoms with Crippen LogP contribution in [0.15, 0.2) is 45.8 Å². The molecule has 0 unspecified atom stereocenters. The molecule has 2 aromatic rings. The number of hydrogen-bond donors (Lipinski definition) is 1. The molecule has 0 radical (unpaired) electrons. The lowest BCUT2D eigenvalue weighted by atomic mass is 10.1. The quantitative estimate of drug-likeness (QED) is 0.901. The highest BCUT2D eigenvalue weighted by Crippen LogP contribution is 2.26. The standard InChI is InChI=1S/C14H13BrFNO2S/c1-9-7-11(8-10(2)14(9)15)17-20(18,19)13-6-4-3-5-12(13)16/h3-8,17H,1-2H3. The van der Waals surface area contributed by atoms with Crippen LogP contribution in [0.1, 0.15) is 11.1 Å². The molecule has 0 atom stereocenters. The zero-order chi connectivity index (χ0) is 14.9. The second-order valence-corrected chi connectivity index (χ2v) is 6.90. The third kappa shape index (κ3) is 3.02. The smallest absolute Gasteiger partial charge is 0.264 e. The maximum Gasteiger partial charge on any atom is 0.264 e. The van der Waals surface area contributed by atoms with Gasteiger partial charge in [-0.15, -0.1) is 0 Å². The molecule has 3 nitrogen and oxygen atoms in total. The fraction of sp³-hybridized carbons (Fsp3) is 0.143. The van der Waals surface area contributed by atoms with Crippen LogP contribution >= 0.6 is 15.9 Å². The molecule has 2 rings (SSSR count). The molecule has 6 heteroatoms. The number of nitrogens with one attached hydrogen (secondary N) is 1. The van der Waals surface area contributed by atoms with Gasteiger partial charge in [-0.2, -0.15) is 0 Å². The number of benzene rings is 2. The Bertz CT molecular complexity index is 737. The summed E-state index contributed by atoms with van der Waals surface area (Å²) in [6, 6.07) is 8.66. The van der Waals surface area contributed by atoms with Gasteiger partial charge in [0.15, 0.2) is 0 Å². The van der Waals surface area contributed by atoms with Crippen LogP contribution in [0, 0.1) is 19.7 Å². The fourth-order valence-corrected chi connectivity index (χ4v) is 3.23. The van der Waals surface area contributed by atoms with E-state index in [9.17, 15) is 12.8 Å². The molecule has 0 aliphatic rings. The van der Waals surface area contributed by atoms with Gasteiger partial charge < -0.3 is 0 Å². The highest BCUT2D eigenvalue weighted by Gasteiger charge is 2.19. The zero-order valence-electron chi connectivity index (χ0n) is 10.9. The molecular weight excluding hydrogens is 345 g/mol. The molecule has 0 aliphatic heterocycles. The van der Waals surface area contributed by atoms with E-state index < -0.39 is 15.8 Å². The minimum atomic E-state index is -3.93. The molecule has 20 heavy (non-hydrogen) atoms. The first-order valence-electron chi connectivity index (χ1n) is 5.85. The Labute approximate surface area is 126 Å². The van der Waals surface area contributed by atoms with Crippen molar-refractivity contribution in [2.24, 2.45) is 0 Å². The third-order valence-electron chi connectivity index (χ3n) is 2.81. The number of sulfonamides is 1. The van der Waals surface area contributed by atoms with Crippen molar-refractivity contribution in [2.75, 3.05) is 4.72 Å². The van der Waals surface area contributed by atoms with Crippen molar-refractivity contribution in [1.82, 2.24) is 0 Å². The van der Waals surface area contributed by atoms with Crippen LogP contribution in [0.25, 0.3) is 0 Å². The first kappa shape index (κ1) is 15.0. The summed E-state index contributed by atoms with van der Waals surface area (Å²) in [5, 5.41) is 0. The Kier molecular flexibility index (Phi) is 4.15. The lowest BCUT2D eigenvalue weighted by Gasteiger charge is -2.11. The van der Waals surface area contributed by atoms with Crippen LogP contribution in [0.3, 0.4) is 0 Å². The van der Waals surface area contributed by atoms with E-state index in [2.05, 4.69) is 20.7 Å². The maximum atomic E-state index is 13.6. The van der Waals surface area contributed by atoms with Gasteiger partial charge in [-0.3, -0.25) is 4.72 Å². The third-order valence-corrected chi connectivity index (χ3v) is 5.48. The number of aryl methyl sites for hydroxylation is 2. The van der Waals surface area contributed by atoms with Gasteiger partial charge in [0, 0.05) is 10.2 Å². The van der Waals surface area contributed by atoms with Crippen LogP contribution < -0.4 is 4.72 Å². The molecule has 0 saturated carbocycles. The Balaban J connectivity index is 2.42. The van der Waals surface area contributed by atoms with E-state index >= 15 is 0 Å². The lowest BCUT2D eigenvalue weighted by Crippen LogP contribution is -2.14. The Morgan fingerprint density at radius 1 is 1.10 bits per heavy atom. The summed E-state index contributed by atoms with van der Waals surface area (Å²) in [7, 11) is -3.93. The van der Waals surface area contributed by atoms with E-state index in [-0.39, 0.29) is 4.90 Å². The van der Waals surface area contributed by atoms with Crippen molar-refractivity contribution in [1.29, 1.82) is 0 Å². The van der Waals surface area contributed by atoms with Crippen LogP contribution in [-0.4, -0.2) is 8.42 Å². The first-order chi connectivity index (χ1) is 9.31. The summed E-state index contributed by atoms with van der Waals surface area (Å²) in [4.78, 5) is -0.363. The molecule has 0 bridgehead atoms. The first-order valence-corrected chi connectivity index (χ1v) is 8.13. The molecule has 0 saturated heterocycles. The molecule has 0 amide bonds. The summed E-state index contributed by atoms with van der Waals surface area (Å²) in [5.74, 6) is -0.773. The van der Waals surface area contributed by atoms with Gasteiger partial charge in [-0.25, -0.2) is 12.8 Å². The molecule has 2 aromatic carbocycles. The second-order valence-electron chi connectivity index (χ2n) is 4.46. The number of halogens is 2. The molecule has 0 heterocycles. The SMILES string of the molecule is Cc1cc(NS(=O)(=O)c2ccccc2F)cc(C)c1Br. The van der Waals surface area contributed by atoms with Gasteiger partial charge in [-0.1, -0.05) is 28.1 Å². The highest BCUT2D eigenvalue weighted by molar-refractivity contribution is 9.10. The summed E-state index contributed by atoms with van der Waals surface area (Å²) in [6.07, 6.45) is 0. The molecule has 0 spiro atoms. The van der Waals surface area contributed by atoms with Gasteiger partial charge >= 0.3 is 0 Å². The minimum Gasteiger partial charge on any atom is -0.280 e. The van der Waals surface area contributed by atoms with Crippen molar-refractivity contribution in [2.45, 2.75) is 18.7 Å². The Hall–Kier alpha value is -1.40. The van der Waals surface area contributed by atoms with E-state index in [1.807, 2.05) is 13.8 Å². The lowest BCUT2D eigenvalue weighted by molar-refractivity contribution is 0.570. The van der Waals surface area contributed by atoms with Crippen LogP contribution in [-0.2, 0) is 10.0 Å². The van der Waals surface area contributed by atoms with Gasteiger partial charge in [0.25, 0.3) is 10.0 Å². The Morgan fingerprint density at radius 3 is 2.20 bits per heavy atom. The van der Waals surface area contributed by atoms with Gasteiger partial charge in [0.05, 0.1) is 0 Å². The van der Waals surface area contributed by atoms with E-state index in [1.54, 1.807) is 12.1 Å². The fourth-order valence-electron chi connectivity index (χ4n) is 1.88. The van der Waals surface area contributed by atoms with Crippen LogP contribution in [0.4, 0.5) is 10.1 Å². The monoisotopic (exact) mass is 357 g/mol. The van der Waals surface area contributed by atoms with E-state index in [1.165, 1.54) is 18.2 Å². The number of anilines is 1. The average molecular weight is 358 g/mol.